The van der Waals surface area contributed by atoms with E-state index in [1.165, 1.54) is 0 Å². The van der Waals surface area contributed by atoms with Crippen molar-refractivity contribution in [3.05, 3.63) is 0 Å². The number of nitrogens with zero attached hydrogens (tertiary/aromatic N) is 1. The first-order valence-corrected chi connectivity index (χ1v) is 5.69. The van der Waals surface area contributed by atoms with E-state index >= 15 is 0 Å². The van der Waals surface area contributed by atoms with Gasteiger partial charge in [-0.3, -0.25) is 9.59 Å². The molecule has 1 unspecified atom stereocenters. The van der Waals surface area contributed by atoms with Gasteiger partial charge in [-0.05, 0) is 0 Å². The van der Waals surface area contributed by atoms with E-state index in [0.29, 0.717) is 12.3 Å². The van der Waals surface area contributed by atoms with Crippen molar-refractivity contribution in [3.63, 3.8) is 0 Å². The zero-order valence-electron chi connectivity index (χ0n) is 7.60. The van der Waals surface area contributed by atoms with Crippen LogP contribution in [-0.2, 0) is 9.59 Å². The SMILES string of the molecule is O=C1N[C@@H](CO)C(=O)N2CCSCC12. The number of hydrogen-bond donors (Lipinski definition) is 2. The number of thioether (sulfide) groups is 1. The Kier molecular flexibility index (Phi) is 2.64. The number of aliphatic hydroxyl groups excluding tert-OH is 1. The summed E-state index contributed by atoms with van der Waals surface area (Å²) in [6.07, 6.45) is 0. The molecule has 2 heterocycles. The highest BCUT2D eigenvalue weighted by atomic mass is 32.2. The Bertz CT molecular complexity index is 271. The molecule has 14 heavy (non-hydrogen) atoms. The van der Waals surface area contributed by atoms with Crippen LogP contribution >= 0.6 is 11.8 Å². The lowest BCUT2D eigenvalue weighted by Gasteiger charge is -2.40. The quantitative estimate of drug-likeness (QED) is 0.555. The maximum absolute atomic E-state index is 11.7. The third kappa shape index (κ3) is 1.48. The zero-order chi connectivity index (χ0) is 10.1. The number of hydrogen-bond acceptors (Lipinski definition) is 4. The lowest BCUT2D eigenvalue weighted by Crippen LogP contribution is -2.66. The molecule has 2 atom stereocenters. The number of piperazine rings is 1. The number of amides is 2. The van der Waals surface area contributed by atoms with Crippen LogP contribution in [0.4, 0.5) is 0 Å². The molecule has 0 aromatic rings. The zero-order valence-corrected chi connectivity index (χ0v) is 8.42. The maximum Gasteiger partial charge on any atom is 0.248 e. The molecule has 2 N–H and O–H groups in total. The number of aliphatic hydroxyl groups is 1. The van der Waals surface area contributed by atoms with Crippen molar-refractivity contribution in [1.29, 1.82) is 0 Å². The van der Waals surface area contributed by atoms with Crippen molar-refractivity contribution >= 4 is 23.6 Å². The summed E-state index contributed by atoms with van der Waals surface area (Å²) in [4.78, 5) is 24.8. The number of fused-ring (bicyclic) bond motifs is 1. The Morgan fingerprint density at radius 3 is 3.07 bits per heavy atom. The van der Waals surface area contributed by atoms with E-state index in [1.54, 1.807) is 16.7 Å². The van der Waals surface area contributed by atoms with Crippen LogP contribution in [0.3, 0.4) is 0 Å². The molecule has 0 radical (unpaired) electrons. The summed E-state index contributed by atoms with van der Waals surface area (Å²) in [5.41, 5.74) is 0. The predicted octanol–water partition coefficient (Wildman–Crippen LogP) is -1.58. The van der Waals surface area contributed by atoms with Crippen LogP contribution in [0.15, 0.2) is 0 Å². The van der Waals surface area contributed by atoms with E-state index < -0.39 is 6.04 Å². The number of carbonyl (C=O) groups excluding carboxylic acids is 2. The Labute approximate surface area is 85.8 Å². The van der Waals surface area contributed by atoms with Crippen LogP contribution in [0.2, 0.25) is 0 Å². The van der Waals surface area contributed by atoms with E-state index in [9.17, 15) is 9.59 Å². The van der Waals surface area contributed by atoms with Crippen molar-refractivity contribution in [2.45, 2.75) is 12.1 Å². The average Bonchev–Trinajstić information content (AvgIpc) is 2.23. The van der Waals surface area contributed by atoms with Crippen molar-refractivity contribution in [3.8, 4) is 0 Å². The normalized spacial score (nSPS) is 32.5. The molecule has 2 aliphatic rings. The number of rotatable bonds is 1. The monoisotopic (exact) mass is 216 g/mol. The molecule has 0 saturated carbocycles. The first-order valence-electron chi connectivity index (χ1n) is 4.53. The molecule has 0 aliphatic carbocycles. The molecule has 2 fully saturated rings. The van der Waals surface area contributed by atoms with Crippen LogP contribution in [0, 0.1) is 0 Å². The van der Waals surface area contributed by atoms with Crippen LogP contribution in [-0.4, -0.2) is 58.6 Å². The van der Waals surface area contributed by atoms with E-state index in [1.807, 2.05) is 0 Å². The summed E-state index contributed by atoms with van der Waals surface area (Å²) < 4.78 is 0. The fraction of sp³-hybridized carbons (Fsp3) is 0.750. The topological polar surface area (TPSA) is 69.6 Å². The Morgan fingerprint density at radius 1 is 1.57 bits per heavy atom. The van der Waals surface area contributed by atoms with Gasteiger partial charge in [0.15, 0.2) is 0 Å². The van der Waals surface area contributed by atoms with Gasteiger partial charge in [-0.2, -0.15) is 11.8 Å². The van der Waals surface area contributed by atoms with E-state index in [2.05, 4.69) is 5.32 Å². The fourth-order valence-corrected chi connectivity index (χ4v) is 2.79. The van der Waals surface area contributed by atoms with Gasteiger partial charge in [-0.15, -0.1) is 0 Å². The number of nitrogens with one attached hydrogen (secondary N) is 1. The van der Waals surface area contributed by atoms with Crippen molar-refractivity contribution in [2.75, 3.05) is 24.7 Å². The van der Waals surface area contributed by atoms with Gasteiger partial charge in [0.25, 0.3) is 0 Å². The molecule has 0 spiro atoms. The van der Waals surface area contributed by atoms with Crippen LogP contribution in [0.1, 0.15) is 0 Å². The highest BCUT2D eigenvalue weighted by Crippen LogP contribution is 2.20. The lowest BCUT2D eigenvalue weighted by molar-refractivity contribution is -0.149. The van der Waals surface area contributed by atoms with Gasteiger partial charge in [-0.25, -0.2) is 0 Å². The van der Waals surface area contributed by atoms with E-state index in [-0.39, 0.29) is 24.5 Å². The van der Waals surface area contributed by atoms with Crippen LogP contribution in [0.25, 0.3) is 0 Å². The minimum absolute atomic E-state index is 0.143. The van der Waals surface area contributed by atoms with Gasteiger partial charge in [0, 0.05) is 18.1 Å². The predicted molar refractivity (Wildman–Crippen MR) is 51.8 cm³/mol. The van der Waals surface area contributed by atoms with Crippen molar-refractivity contribution < 1.29 is 14.7 Å². The highest BCUT2D eigenvalue weighted by molar-refractivity contribution is 7.99. The molecule has 6 heteroatoms. The first kappa shape index (κ1) is 9.79. The molecule has 0 aromatic heterocycles. The van der Waals surface area contributed by atoms with E-state index in [4.69, 9.17) is 5.11 Å². The molecular weight excluding hydrogens is 204 g/mol. The molecule has 2 saturated heterocycles. The highest BCUT2D eigenvalue weighted by Gasteiger charge is 2.41. The molecule has 2 amide bonds. The smallest absolute Gasteiger partial charge is 0.248 e. The summed E-state index contributed by atoms with van der Waals surface area (Å²) in [5.74, 6) is 1.23. The molecule has 0 aromatic carbocycles. The Hall–Kier alpha value is -0.750. The van der Waals surface area contributed by atoms with Gasteiger partial charge in [-0.1, -0.05) is 0 Å². The first-order chi connectivity index (χ1) is 6.74. The summed E-state index contributed by atoms with van der Waals surface area (Å²) in [7, 11) is 0. The summed E-state index contributed by atoms with van der Waals surface area (Å²) in [6, 6.07) is -1.06. The second-order valence-electron chi connectivity index (χ2n) is 3.37. The summed E-state index contributed by atoms with van der Waals surface area (Å²) >= 11 is 1.68. The van der Waals surface area contributed by atoms with Gasteiger partial charge in [0.1, 0.15) is 12.1 Å². The van der Waals surface area contributed by atoms with Gasteiger partial charge in [0.05, 0.1) is 6.61 Å². The minimum atomic E-state index is -0.734. The average molecular weight is 216 g/mol. The van der Waals surface area contributed by atoms with Crippen LogP contribution in [0.5, 0.6) is 0 Å². The molecule has 78 valence electrons. The van der Waals surface area contributed by atoms with Gasteiger partial charge >= 0.3 is 0 Å². The Balaban J connectivity index is 2.17. The summed E-state index contributed by atoms with van der Waals surface area (Å²) in [5, 5.41) is 11.4. The standard InChI is InChI=1S/C8H12N2O3S/c11-3-5-8(13)10-1-2-14-4-6(10)7(12)9-5/h5-6,11H,1-4H2,(H,9,12)/t5-,6?/m0/s1. The maximum atomic E-state index is 11.7. The molecule has 0 bridgehead atoms. The molecule has 2 rings (SSSR count). The van der Waals surface area contributed by atoms with E-state index in [0.717, 1.165) is 5.75 Å². The molecule has 5 nitrogen and oxygen atoms in total. The summed E-state index contributed by atoms with van der Waals surface area (Å²) in [6.45, 7) is 0.291. The van der Waals surface area contributed by atoms with Gasteiger partial charge in [0.2, 0.25) is 11.8 Å². The Morgan fingerprint density at radius 2 is 2.36 bits per heavy atom. The minimum Gasteiger partial charge on any atom is -0.394 e. The van der Waals surface area contributed by atoms with Crippen molar-refractivity contribution in [1.82, 2.24) is 10.2 Å². The second-order valence-corrected chi connectivity index (χ2v) is 4.52. The van der Waals surface area contributed by atoms with Gasteiger partial charge < -0.3 is 15.3 Å². The third-order valence-corrected chi connectivity index (χ3v) is 3.53. The lowest BCUT2D eigenvalue weighted by atomic mass is 10.1. The van der Waals surface area contributed by atoms with Crippen molar-refractivity contribution in [2.24, 2.45) is 0 Å². The largest absolute Gasteiger partial charge is 0.394 e. The van der Waals surface area contributed by atoms with Crippen LogP contribution < -0.4 is 5.32 Å². The molecular formula is C8H12N2O3S. The molecule has 2 aliphatic heterocycles. The third-order valence-electron chi connectivity index (χ3n) is 2.51. The fourth-order valence-electron chi connectivity index (χ4n) is 1.74. The number of carbonyl (C=O) groups is 2. The second kappa shape index (κ2) is 3.78.